The molecule has 1 N–H and O–H groups in total. The first kappa shape index (κ1) is 14.5. The van der Waals surface area contributed by atoms with Crippen molar-refractivity contribution < 1.29 is 13.9 Å². The molecule has 0 bridgehead atoms. The van der Waals surface area contributed by atoms with Crippen LogP contribution in [-0.2, 0) is 4.74 Å². The normalized spacial score (nSPS) is 18.1. The second-order valence-electron chi connectivity index (χ2n) is 4.94. The van der Waals surface area contributed by atoms with E-state index in [2.05, 4.69) is 21.2 Å². The Hall–Kier alpha value is -0.940. The zero-order valence-corrected chi connectivity index (χ0v) is 12.4. The quantitative estimate of drug-likeness (QED) is 0.866. The maximum Gasteiger partial charge on any atom is 0.252 e. The lowest BCUT2D eigenvalue weighted by molar-refractivity contribution is 0.0441. The van der Waals surface area contributed by atoms with Crippen LogP contribution in [0, 0.1) is 12.7 Å². The number of aryl methyl sites for hydroxylation is 1. The van der Waals surface area contributed by atoms with Crippen molar-refractivity contribution in [3.8, 4) is 0 Å². The zero-order chi connectivity index (χ0) is 13.9. The fourth-order valence-electron chi connectivity index (χ4n) is 2.24. The number of rotatable bonds is 3. The molecule has 5 heteroatoms. The van der Waals surface area contributed by atoms with Crippen molar-refractivity contribution in [3.05, 3.63) is 35.1 Å². The van der Waals surface area contributed by atoms with Crippen LogP contribution in [-0.4, -0.2) is 30.0 Å². The molecule has 1 aromatic rings. The molecule has 0 radical (unpaired) electrons. The van der Waals surface area contributed by atoms with Crippen LogP contribution in [0.25, 0.3) is 0 Å². The van der Waals surface area contributed by atoms with Gasteiger partial charge in [-0.05, 0) is 43.5 Å². The topological polar surface area (TPSA) is 38.3 Å². The minimum atomic E-state index is -0.324. The van der Waals surface area contributed by atoms with Gasteiger partial charge >= 0.3 is 0 Å². The van der Waals surface area contributed by atoms with Gasteiger partial charge in [-0.1, -0.05) is 15.9 Å². The SMILES string of the molecule is Cc1cc(F)ccc1C(=O)NC1(CBr)CCOCC1. The van der Waals surface area contributed by atoms with E-state index in [1.165, 1.54) is 18.2 Å². The van der Waals surface area contributed by atoms with Crippen molar-refractivity contribution in [2.24, 2.45) is 0 Å². The first-order valence-corrected chi connectivity index (χ1v) is 7.41. The van der Waals surface area contributed by atoms with E-state index in [1.54, 1.807) is 6.92 Å². The maximum absolute atomic E-state index is 13.1. The van der Waals surface area contributed by atoms with E-state index >= 15 is 0 Å². The van der Waals surface area contributed by atoms with Gasteiger partial charge in [-0.15, -0.1) is 0 Å². The standard InChI is InChI=1S/C14H17BrFNO2/c1-10-8-11(16)2-3-12(10)13(18)17-14(9-15)4-6-19-7-5-14/h2-3,8H,4-7,9H2,1H3,(H,17,18). The van der Waals surface area contributed by atoms with Crippen molar-refractivity contribution in [2.45, 2.75) is 25.3 Å². The number of alkyl halides is 1. The summed E-state index contributed by atoms with van der Waals surface area (Å²) < 4.78 is 18.4. The van der Waals surface area contributed by atoms with Gasteiger partial charge in [0, 0.05) is 24.1 Å². The third kappa shape index (κ3) is 3.34. The summed E-state index contributed by atoms with van der Waals surface area (Å²) in [5, 5.41) is 3.76. The summed E-state index contributed by atoms with van der Waals surface area (Å²) >= 11 is 3.47. The Labute approximate surface area is 120 Å². The smallest absolute Gasteiger partial charge is 0.252 e. The Morgan fingerprint density at radius 1 is 1.47 bits per heavy atom. The van der Waals surface area contributed by atoms with Crippen LogP contribution in [0.2, 0.25) is 0 Å². The fraction of sp³-hybridized carbons (Fsp3) is 0.500. The van der Waals surface area contributed by atoms with Crippen LogP contribution in [0.15, 0.2) is 18.2 Å². The van der Waals surface area contributed by atoms with E-state index in [1.807, 2.05) is 0 Å². The van der Waals surface area contributed by atoms with Crippen LogP contribution in [0.3, 0.4) is 0 Å². The molecule has 1 saturated heterocycles. The van der Waals surface area contributed by atoms with Gasteiger partial charge in [0.2, 0.25) is 0 Å². The molecule has 1 aliphatic rings. The predicted octanol–water partition coefficient (Wildman–Crippen LogP) is 2.81. The van der Waals surface area contributed by atoms with Gasteiger partial charge in [0.25, 0.3) is 5.91 Å². The van der Waals surface area contributed by atoms with E-state index in [0.717, 1.165) is 12.8 Å². The molecule has 19 heavy (non-hydrogen) atoms. The molecule has 0 unspecified atom stereocenters. The molecule has 1 aliphatic heterocycles. The average Bonchev–Trinajstić information content (AvgIpc) is 2.39. The third-order valence-electron chi connectivity index (χ3n) is 3.52. The van der Waals surface area contributed by atoms with Crippen molar-refractivity contribution in [2.75, 3.05) is 18.5 Å². The number of hydrogen-bond donors (Lipinski definition) is 1. The zero-order valence-electron chi connectivity index (χ0n) is 10.8. The Balaban J connectivity index is 2.15. The minimum absolute atomic E-state index is 0.154. The second-order valence-corrected chi connectivity index (χ2v) is 5.50. The number of halogens is 2. The molecular formula is C14H17BrFNO2. The molecular weight excluding hydrogens is 313 g/mol. The van der Waals surface area contributed by atoms with Crippen LogP contribution in [0.5, 0.6) is 0 Å². The van der Waals surface area contributed by atoms with E-state index in [9.17, 15) is 9.18 Å². The van der Waals surface area contributed by atoms with Gasteiger partial charge < -0.3 is 10.1 Å². The lowest BCUT2D eigenvalue weighted by atomic mass is 9.91. The van der Waals surface area contributed by atoms with E-state index < -0.39 is 0 Å². The Morgan fingerprint density at radius 2 is 2.16 bits per heavy atom. The largest absolute Gasteiger partial charge is 0.381 e. The molecule has 1 amide bonds. The first-order chi connectivity index (χ1) is 9.06. The highest BCUT2D eigenvalue weighted by Gasteiger charge is 2.33. The molecule has 2 rings (SSSR count). The number of amides is 1. The van der Waals surface area contributed by atoms with Crippen molar-refractivity contribution in [1.29, 1.82) is 0 Å². The molecule has 1 fully saturated rings. The highest BCUT2D eigenvalue weighted by Crippen LogP contribution is 2.24. The van der Waals surface area contributed by atoms with Gasteiger partial charge in [0.05, 0.1) is 5.54 Å². The van der Waals surface area contributed by atoms with Gasteiger partial charge in [-0.2, -0.15) is 0 Å². The maximum atomic E-state index is 13.1. The summed E-state index contributed by atoms with van der Waals surface area (Å²) in [7, 11) is 0. The molecule has 3 nitrogen and oxygen atoms in total. The van der Waals surface area contributed by atoms with E-state index in [-0.39, 0.29) is 17.3 Å². The first-order valence-electron chi connectivity index (χ1n) is 6.29. The van der Waals surface area contributed by atoms with Crippen LogP contribution < -0.4 is 5.32 Å². The van der Waals surface area contributed by atoms with E-state index in [0.29, 0.717) is 29.7 Å². The molecule has 0 spiro atoms. The van der Waals surface area contributed by atoms with Gasteiger partial charge in [0.1, 0.15) is 5.82 Å². The molecule has 0 aromatic heterocycles. The molecule has 0 saturated carbocycles. The number of hydrogen-bond acceptors (Lipinski definition) is 2. The fourth-order valence-corrected chi connectivity index (χ4v) is 2.95. The van der Waals surface area contributed by atoms with Gasteiger partial charge in [0.15, 0.2) is 0 Å². The summed E-state index contributed by atoms with van der Waals surface area (Å²) in [5.41, 5.74) is 0.901. The number of ether oxygens (including phenoxy) is 1. The third-order valence-corrected chi connectivity index (χ3v) is 4.59. The number of carbonyl (C=O) groups is 1. The summed E-state index contributed by atoms with van der Waals surface area (Å²) in [6.45, 7) is 3.03. The molecule has 1 aromatic carbocycles. The van der Waals surface area contributed by atoms with Crippen LogP contribution in [0.1, 0.15) is 28.8 Å². The van der Waals surface area contributed by atoms with Crippen molar-refractivity contribution in [1.82, 2.24) is 5.32 Å². The Morgan fingerprint density at radius 3 is 2.74 bits per heavy atom. The lowest BCUT2D eigenvalue weighted by Crippen LogP contribution is -2.53. The molecule has 104 valence electrons. The monoisotopic (exact) mass is 329 g/mol. The number of benzene rings is 1. The molecule has 0 aliphatic carbocycles. The van der Waals surface area contributed by atoms with Crippen molar-refractivity contribution in [3.63, 3.8) is 0 Å². The second kappa shape index (κ2) is 6.01. The summed E-state index contributed by atoms with van der Waals surface area (Å²) in [4.78, 5) is 12.3. The summed E-state index contributed by atoms with van der Waals surface area (Å²) in [5.74, 6) is -0.478. The molecule has 1 heterocycles. The highest BCUT2D eigenvalue weighted by molar-refractivity contribution is 9.09. The van der Waals surface area contributed by atoms with Crippen LogP contribution >= 0.6 is 15.9 Å². The molecule has 0 atom stereocenters. The summed E-state index contributed by atoms with van der Waals surface area (Å²) in [6, 6.07) is 4.22. The number of carbonyl (C=O) groups excluding carboxylic acids is 1. The Bertz CT molecular complexity index is 473. The van der Waals surface area contributed by atoms with Crippen LogP contribution in [0.4, 0.5) is 4.39 Å². The lowest BCUT2D eigenvalue weighted by Gasteiger charge is -2.36. The van der Waals surface area contributed by atoms with E-state index in [4.69, 9.17) is 4.74 Å². The average molecular weight is 330 g/mol. The summed E-state index contributed by atoms with van der Waals surface area (Å²) in [6.07, 6.45) is 1.56. The van der Waals surface area contributed by atoms with Gasteiger partial charge in [-0.25, -0.2) is 4.39 Å². The van der Waals surface area contributed by atoms with Gasteiger partial charge in [-0.3, -0.25) is 4.79 Å². The predicted molar refractivity (Wildman–Crippen MR) is 75.2 cm³/mol. The highest BCUT2D eigenvalue weighted by atomic mass is 79.9. The van der Waals surface area contributed by atoms with Crippen molar-refractivity contribution >= 4 is 21.8 Å². The number of nitrogens with one attached hydrogen (secondary N) is 1. The Kier molecular flexibility index (Phi) is 4.58. The minimum Gasteiger partial charge on any atom is -0.381 e.